The third-order valence-electron chi connectivity index (χ3n) is 5.55. The number of hydrogen-bond donors (Lipinski definition) is 1. The Labute approximate surface area is 157 Å². The molecule has 5 nitrogen and oxygen atoms in total. The summed E-state index contributed by atoms with van der Waals surface area (Å²) in [5.41, 5.74) is 2.24. The first-order chi connectivity index (χ1) is 12.3. The minimum atomic E-state index is -0.136. The smallest absolute Gasteiger partial charge is 0.241 e. The summed E-state index contributed by atoms with van der Waals surface area (Å²) in [7, 11) is 0. The highest BCUT2D eigenvalue weighted by atomic mass is 16.7. The van der Waals surface area contributed by atoms with Crippen molar-refractivity contribution in [1.82, 2.24) is 4.90 Å². The van der Waals surface area contributed by atoms with Gasteiger partial charge in [-0.3, -0.25) is 9.69 Å². The molecule has 1 aromatic rings. The van der Waals surface area contributed by atoms with Gasteiger partial charge >= 0.3 is 0 Å². The number of rotatable bonds is 4. The monoisotopic (exact) mass is 360 g/mol. The maximum atomic E-state index is 12.6. The SMILES string of the molecule is CC(C(=O)Nc1ccc(C(C)(C)C)cc1)N1CCC(C2OCCO2)CC1. The van der Waals surface area contributed by atoms with E-state index in [1.165, 1.54) is 5.56 Å². The van der Waals surface area contributed by atoms with Gasteiger partial charge in [-0.15, -0.1) is 0 Å². The van der Waals surface area contributed by atoms with Gasteiger partial charge in [0, 0.05) is 11.6 Å². The fourth-order valence-corrected chi connectivity index (χ4v) is 3.69. The van der Waals surface area contributed by atoms with Crippen molar-refractivity contribution in [2.75, 3.05) is 31.6 Å². The zero-order valence-corrected chi connectivity index (χ0v) is 16.5. The number of nitrogens with one attached hydrogen (secondary N) is 1. The minimum absolute atomic E-state index is 0.0392. The molecule has 2 heterocycles. The minimum Gasteiger partial charge on any atom is -0.350 e. The van der Waals surface area contributed by atoms with E-state index in [1.807, 2.05) is 19.1 Å². The van der Waals surface area contributed by atoms with Gasteiger partial charge in [0.05, 0.1) is 19.3 Å². The second-order valence-corrected chi connectivity index (χ2v) is 8.48. The molecule has 1 atom stereocenters. The summed E-state index contributed by atoms with van der Waals surface area (Å²) in [6, 6.07) is 8.03. The molecule has 2 aliphatic rings. The molecule has 3 rings (SSSR count). The molecule has 0 saturated carbocycles. The van der Waals surface area contributed by atoms with Crippen LogP contribution >= 0.6 is 0 Å². The van der Waals surface area contributed by atoms with E-state index in [0.717, 1.165) is 31.6 Å². The van der Waals surface area contributed by atoms with Crippen molar-refractivity contribution in [3.8, 4) is 0 Å². The molecular weight excluding hydrogens is 328 g/mol. The quantitative estimate of drug-likeness (QED) is 0.894. The van der Waals surface area contributed by atoms with Gasteiger partial charge in [-0.05, 0) is 56.0 Å². The van der Waals surface area contributed by atoms with Crippen LogP contribution in [0.4, 0.5) is 5.69 Å². The number of anilines is 1. The molecule has 0 bridgehead atoms. The molecule has 0 aliphatic carbocycles. The van der Waals surface area contributed by atoms with Gasteiger partial charge in [0.1, 0.15) is 0 Å². The molecule has 0 spiro atoms. The third kappa shape index (κ3) is 4.64. The Hall–Kier alpha value is -1.43. The Bertz CT molecular complexity index is 595. The van der Waals surface area contributed by atoms with E-state index >= 15 is 0 Å². The maximum absolute atomic E-state index is 12.6. The van der Waals surface area contributed by atoms with Crippen LogP contribution in [0.15, 0.2) is 24.3 Å². The molecule has 2 aliphatic heterocycles. The fourth-order valence-electron chi connectivity index (χ4n) is 3.69. The van der Waals surface area contributed by atoms with Gasteiger partial charge in [-0.2, -0.15) is 0 Å². The zero-order chi connectivity index (χ0) is 18.7. The number of carbonyl (C=O) groups is 1. The number of carbonyl (C=O) groups excluding carboxylic acids is 1. The van der Waals surface area contributed by atoms with E-state index in [-0.39, 0.29) is 23.7 Å². The molecule has 144 valence electrons. The van der Waals surface area contributed by atoms with Crippen LogP contribution < -0.4 is 5.32 Å². The Balaban J connectivity index is 1.50. The molecule has 5 heteroatoms. The second-order valence-electron chi connectivity index (χ2n) is 8.48. The largest absolute Gasteiger partial charge is 0.350 e. The highest BCUT2D eigenvalue weighted by molar-refractivity contribution is 5.94. The van der Waals surface area contributed by atoms with Crippen LogP contribution in [0.3, 0.4) is 0 Å². The summed E-state index contributed by atoms with van der Waals surface area (Å²) in [5, 5.41) is 3.05. The van der Waals surface area contributed by atoms with Gasteiger partial charge in [-0.1, -0.05) is 32.9 Å². The van der Waals surface area contributed by atoms with E-state index in [2.05, 4.69) is 43.1 Å². The van der Waals surface area contributed by atoms with E-state index in [9.17, 15) is 4.79 Å². The van der Waals surface area contributed by atoms with Gasteiger partial charge < -0.3 is 14.8 Å². The summed E-state index contributed by atoms with van der Waals surface area (Å²) in [5.74, 6) is 0.509. The van der Waals surface area contributed by atoms with Crippen LogP contribution in [-0.2, 0) is 19.7 Å². The van der Waals surface area contributed by atoms with Gasteiger partial charge in [-0.25, -0.2) is 0 Å². The Kier molecular flexibility index (Phi) is 6.00. The van der Waals surface area contributed by atoms with Gasteiger partial charge in [0.15, 0.2) is 6.29 Å². The van der Waals surface area contributed by atoms with E-state index < -0.39 is 0 Å². The predicted octanol–water partition coefficient (Wildman–Crippen LogP) is 3.40. The maximum Gasteiger partial charge on any atom is 0.241 e. The molecule has 1 aromatic carbocycles. The van der Waals surface area contributed by atoms with Crippen LogP contribution in [0.5, 0.6) is 0 Å². The number of likely N-dealkylation sites (tertiary alicyclic amines) is 1. The van der Waals surface area contributed by atoms with E-state index in [0.29, 0.717) is 19.1 Å². The summed E-state index contributed by atoms with van der Waals surface area (Å²) in [4.78, 5) is 14.9. The van der Waals surface area contributed by atoms with Crippen molar-refractivity contribution >= 4 is 11.6 Å². The summed E-state index contributed by atoms with van der Waals surface area (Å²) in [6.45, 7) is 11.8. The normalized spacial score (nSPS) is 21.7. The molecule has 0 radical (unpaired) electrons. The average molecular weight is 360 g/mol. The number of ether oxygens (including phenoxy) is 2. The van der Waals surface area contributed by atoms with Crippen molar-refractivity contribution in [2.45, 2.75) is 58.3 Å². The summed E-state index contributed by atoms with van der Waals surface area (Å²) in [6.07, 6.45) is 1.99. The first kappa shape index (κ1) is 19.3. The average Bonchev–Trinajstić information content (AvgIpc) is 3.15. The molecule has 1 amide bonds. The fraction of sp³-hybridized carbons (Fsp3) is 0.667. The molecular formula is C21H32N2O3. The highest BCUT2D eigenvalue weighted by Crippen LogP contribution is 2.27. The number of piperidine rings is 1. The Morgan fingerprint density at radius 2 is 1.69 bits per heavy atom. The highest BCUT2D eigenvalue weighted by Gasteiger charge is 2.33. The predicted molar refractivity (Wildman–Crippen MR) is 103 cm³/mol. The van der Waals surface area contributed by atoms with Crippen molar-refractivity contribution in [3.05, 3.63) is 29.8 Å². The first-order valence-corrected chi connectivity index (χ1v) is 9.73. The third-order valence-corrected chi connectivity index (χ3v) is 5.55. The van der Waals surface area contributed by atoms with Crippen LogP contribution in [-0.4, -0.2) is 49.4 Å². The lowest BCUT2D eigenvalue weighted by Crippen LogP contribution is -2.47. The number of amides is 1. The lowest BCUT2D eigenvalue weighted by molar-refractivity contribution is -0.123. The Morgan fingerprint density at radius 1 is 1.12 bits per heavy atom. The van der Waals surface area contributed by atoms with Crippen LogP contribution in [0.2, 0.25) is 0 Å². The van der Waals surface area contributed by atoms with Crippen molar-refractivity contribution in [2.24, 2.45) is 5.92 Å². The number of benzene rings is 1. The Morgan fingerprint density at radius 3 is 2.23 bits per heavy atom. The molecule has 26 heavy (non-hydrogen) atoms. The molecule has 0 aromatic heterocycles. The molecule has 1 N–H and O–H groups in total. The van der Waals surface area contributed by atoms with E-state index in [4.69, 9.17) is 9.47 Å². The van der Waals surface area contributed by atoms with Crippen LogP contribution in [0.1, 0.15) is 46.1 Å². The summed E-state index contributed by atoms with van der Waals surface area (Å²) < 4.78 is 11.3. The lowest BCUT2D eigenvalue weighted by Gasteiger charge is -2.36. The van der Waals surface area contributed by atoms with Crippen molar-refractivity contribution in [3.63, 3.8) is 0 Å². The number of hydrogen-bond acceptors (Lipinski definition) is 4. The first-order valence-electron chi connectivity index (χ1n) is 9.73. The van der Waals surface area contributed by atoms with Gasteiger partial charge in [0.2, 0.25) is 5.91 Å². The molecule has 2 fully saturated rings. The van der Waals surface area contributed by atoms with Gasteiger partial charge in [0.25, 0.3) is 0 Å². The van der Waals surface area contributed by atoms with E-state index in [1.54, 1.807) is 0 Å². The lowest BCUT2D eigenvalue weighted by atomic mass is 9.87. The molecule has 2 saturated heterocycles. The van der Waals surface area contributed by atoms with Crippen molar-refractivity contribution in [1.29, 1.82) is 0 Å². The zero-order valence-electron chi connectivity index (χ0n) is 16.5. The number of nitrogens with zero attached hydrogens (tertiary/aromatic N) is 1. The van der Waals surface area contributed by atoms with Crippen LogP contribution in [0, 0.1) is 5.92 Å². The molecule has 1 unspecified atom stereocenters. The van der Waals surface area contributed by atoms with Crippen LogP contribution in [0.25, 0.3) is 0 Å². The standard InChI is InChI=1S/C21H32N2O3/c1-15(23-11-9-16(10-12-23)20-25-13-14-26-20)19(24)22-18-7-5-17(6-8-18)21(2,3)4/h5-8,15-16,20H,9-14H2,1-4H3,(H,22,24). The second kappa shape index (κ2) is 8.07. The topological polar surface area (TPSA) is 50.8 Å². The van der Waals surface area contributed by atoms with Crippen molar-refractivity contribution < 1.29 is 14.3 Å². The summed E-state index contributed by atoms with van der Waals surface area (Å²) >= 11 is 0.